The second kappa shape index (κ2) is 8.06. The lowest BCUT2D eigenvalue weighted by atomic mass is 10.1. The lowest BCUT2D eigenvalue weighted by molar-refractivity contribution is -0.121. The van der Waals surface area contributed by atoms with Crippen LogP contribution in [-0.4, -0.2) is 46.5 Å². The molecule has 0 aliphatic heterocycles. The van der Waals surface area contributed by atoms with E-state index in [4.69, 9.17) is 0 Å². The van der Waals surface area contributed by atoms with Crippen LogP contribution in [0.15, 0.2) is 29.3 Å². The Kier molecular flexibility index (Phi) is 6.09. The van der Waals surface area contributed by atoms with Gasteiger partial charge in [-0.2, -0.15) is 0 Å². The van der Waals surface area contributed by atoms with Gasteiger partial charge >= 0.3 is 0 Å². The molecule has 6 heteroatoms. The predicted octanol–water partition coefficient (Wildman–Crippen LogP) is 1.55. The number of nitrogens with one attached hydrogen (secondary N) is 1. The van der Waals surface area contributed by atoms with E-state index in [9.17, 15) is 9.59 Å². The van der Waals surface area contributed by atoms with Crippen LogP contribution >= 0.6 is 0 Å². The largest absolute Gasteiger partial charge is 0.353 e. The molecule has 6 nitrogen and oxygen atoms in total. The third-order valence-electron chi connectivity index (χ3n) is 4.50. The SMILES string of the molecule is CCC(C)N(C)CCNC(=O)Cn1cnc2c(C)cccc2c1=O. The molecule has 2 rings (SSSR count). The Morgan fingerprint density at radius 1 is 1.42 bits per heavy atom. The topological polar surface area (TPSA) is 67.2 Å². The van der Waals surface area contributed by atoms with Crippen molar-refractivity contribution in [2.75, 3.05) is 20.1 Å². The summed E-state index contributed by atoms with van der Waals surface area (Å²) in [7, 11) is 2.04. The van der Waals surface area contributed by atoms with Crippen molar-refractivity contribution in [1.82, 2.24) is 19.8 Å². The van der Waals surface area contributed by atoms with Gasteiger partial charge in [-0.25, -0.2) is 4.98 Å². The van der Waals surface area contributed by atoms with Gasteiger partial charge in [0.2, 0.25) is 5.91 Å². The van der Waals surface area contributed by atoms with Gasteiger partial charge in [0.05, 0.1) is 17.2 Å². The summed E-state index contributed by atoms with van der Waals surface area (Å²) in [5, 5.41) is 3.40. The number of fused-ring (bicyclic) bond motifs is 1. The quantitative estimate of drug-likeness (QED) is 0.836. The first-order valence-corrected chi connectivity index (χ1v) is 8.35. The second-order valence-electron chi connectivity index (χ2n) is 6.24. The fourth-order valence-corrected chi connectivity index (χ4v) is 2.56. The molecule has 0 spiro atoms. The molecule has 1 heterocycles. The Hall–Kier alpha value is -2.21. The highest BCUT2D eigenvalue weighted by Crippen LogP contribution is 2.11. The summed E-state index contributed by atoms with van der Waals surface area (Å²) in [5.74, 6) is -0.177. The Balaban J connectivity index is 1.99. The molecule has 1 N–H and O–H groups in total. The summed E-state index contributed by atoms with van der Waals surface area (Å²) >= 11 is 0. The predicted molar refractivity (Wildman–Crippen MR) is 96.1 cm³/mol. The Bertz CT molecular complexity index is 769. The van der Waals surface area contributed by atoms with Gasteiger partial charge in [-0.3, -0.25) is 14.2 Å². The van der Waals surface area contributed by atoms with Gasteiger partial charge in [-0.15, -0.1) is 0 Å². The third-order valence-corrected chi connectivity index (χ3v) is 4.50. The van der Waals surface area contributed by atoms with Gasteiger partial charge in [0, 0.05) is 19.1 Å². The molecule has 0 radical (unpaired) electrons. The van der Waals surface area contributed by atoms with E-state index in [2.05, 4.69) is 29.0 Å². The van der Waals surface area contributed by atoms with Crippen molar-refractivity contribution in [2.24, 2.45) is 0 Å². The fraction of sp³-hybridized carbons (Fsp3) is 0.500. The van der Waals surface area contributed by atoms with E-state index in [0.717, 1.165) is 18.5 Å². The van der Waals surface area contributed by atoms with Crippen LogP contribution in [0.1, 0.15) is 25.8 Å². The van der Waals surface area contributed by atoms with E-state index in [0.29, 0.717) is 23.5 Å². The summed E-state index contributed by atoms with van der Waals surface area (Å²) in [4.78, 5) is 31.0. The summed E-state index contributed by atoms with van der Waals surface area (Å²) in [5.41, 5.74) is 1.46. The summed E-state index contributed by atoms with van der Waals surface area (Å²) in [6.45, 7) is 7.55. The minimum absolute atomic E-state index is 0.0111. The van der Waals surface area contributed by atoms with Crippen molar-refractivity contribution in [3.05, 3.63) is 40.4 Å². The van der Waals surface area contributed by atoms with E-state index in [-0.39, 0.29) is 18.0 Å². The molecule has 0 aliphatic rings. The minimum Gasteiger partial charge on any atom is -0.353 e. The van der Waals surface area contributed by atoms with Gasteiger partial charge in [0.1, 0.15) is 6.54 Å². The average molecular weight is 330 g/mol. The molecule has 0 saturated carbocycles. The number of carbonyl (C=O) groups excluding carboxylic acids is 1. The highest BCUT2D eigenvalue weighted by molar-refractivity contribution is 5.81. The summed E-state index contributed by atoms with van der Waals surface area (Å²) < 4.78 is 1.36. The molecule has 130 valence electrons. The van der Waals surface area contributed by atoms with Crippen molar-refractivity contribution in [3.8, 4) is 0 Å². The monoisotopic (exact) mass is 330 g/mol. The molecule has 0 fully saturated rings. The Labute approximate surface area is 142 Å². The molecule has 0 aliphatic carbocycles. The molecule has 0 bridgehead atoms. The van der Waals surface area contributed by atoms with Gasteiger partial charge in [-0.1, -0.05) is 19.1 Å². The zero-order chi connectivity index (χ0) is 17.7. The van der Waals surface area contributed by atoms with Crippen LogP contribution < -0.4 is 10.9 Å². The second-order valence-corrected chi connectivity index (χ2v) is 6.24. The number of aryl methyl sites for hydroxylation is 1. The highest BCUT2D eigenvalue weighted by atomic mass is 16.2. The summed E-state index contributed by atoms with van der Waals surface area (Å²) in [6.07, 6.45) is 2.52. The molecule has 2 aromatic rings. The van der Waals surface area contributed by atoms with Crippen LogP contribution in [0.2, 0.25) is 0 Å². The number of aromatic nitrogens is 2. The number of carbonyl (C=O) groups is 1. The van der Waals surface area contributed by atoms with Crippen molar-refractivity contribution in [2.45, 2.75) is 39.8 Å². The zero-order valence-electron chi connectivity index (χ0n) is 14.9. The first kappa shape index (κ1) is 18.1. The summed E-state index contributed by atoms with van der Waals surface area (Å²) in [6, 6.07) is 5.97. The molecule has 0 saturated heterocycles. The van der Waals surface area contributed by atoms with Gasteiger partial charge in [-0.05, 0) is 38.9 Å². The number of hydrogen-bond donors (Lipinski definition) is 1. The van der Waals surface area contributed by atoms with E-state index < -0.39 is 0 Å². The number of amides is 1. The average Bonchev–Trinajstić information content (AvgIpc) is 2.57. The van der Waals surface area contributed by atoms with Gasteiger partial charge in [0.15, 0.2) is 0 Å². The van der Waals surface area contributed by atoms with Crippen LogP contribution in [0.25, 0.3) is 10.9 Å². The lowest BCUT2D eigenvalue weighted by Gasteiger charge is -2.23. The van der Waals surface area contributed by atoms with Crippen molar-refractivity contribution in [3.63, 3.8) is 0 Å². The standard InChI is InChI=1S/C18H26N4O2/c1-5-14(3)21(4)10-9-19-16(23)11-22-12-20-17-13(2)7-6-8-15(17)18(22)24/h6-8,12,14H,5,9-11H2,1-4H3,(H,19,23). The van der Waals surface area contributed by atoms with Crippen LogP contribution in [0.3, 0.4) is 0 Å². The highest BCUT2D eigenvalue weighted by Gasteiger charge is 2.10. The Morgan fingerprint density at radius 3 is 2.88 bits per heavy atom. The van der Waals surface area contributed by atoms with Crippen LogP contribution in [0, 0.1) is 6.92 Å². The van der Waals surface area contributed by atoms with E-state index in [1.807, 2.05) is 26.1 Å². The first-order valence-electron chi connectivity index (χ1n) is 8.35. The maximum absolute atomic E-state index is 12.5. The molecule has 1 atom stereocenters. The molecule has 1 aromatic carbocycles. The van der Waals surface area contributed by atoms with E-state index in [1.54, 1.807) is 6.07 Å². The third kappa shape index (κ3) is 4.20. The van der Waals surface area contributed by atoms with Crippen LogP contribution in [-0.2, 0) is 11.3 Å². The van der Waals surface area contributed by atoms with Gasteiger partial charge in [0.25, 0.3) is 5.56 Å². The number of para-hydroxylation sites is 1. The van der Waals surface area contributed by atoms with Crippen molar-refractivity contribution >= 4 is 16.8 Å². The van der Waals surface area contributed by atoms with Crippen LogP contribution in [0.4, 0.5) is 0 Å². The van der Waals surface area contributed by atoms with Crippen molar-refractivity contribution < 1.29 is 4.79 Å². The van der Waals surface area contributed by atoms with Crippen molar-refractivity contribution in [1.29, 1.82) is 0 Å². The molecule has 1 unspecified atom stereocenters. The molecule has 24 heavy (non-hydrogen) atoms. The number of likely N-dealkylation sites (N-methyl/N-ethyl adjacent to an activating group) is 1. The van der Waals surface area contributed by atoms with Crippen LogP contribution in [0.5, 0.6) is 0 Å². The normalized spacial score (nSPS) is 12.5. The van der Waals surface area contributed by atoms with Gasteiger partial charge < -0.3 is 10.2 Å². The minimum atomic E-state index is -0.185. The zero-order valence-corrected chi connectivity index (χ0v) is 14.9. The molecular formula is C18H26N4O2. The number of nitrogens with zero attached hydrogens (tertiary/aromatic N) is 3. The Morgan fingerprint density at radius 2 is 2.17 bits per heavy atom. The lowest BCUT2D eigenvalue weighted by Crippen LogP contribution is -2.39. The molecular weight excluding hydrogens is 304 g/mol. The number of hydrogen-bond acceptors (Lipinski definition) is 4. The van der Waals surface area contributed by atoms with E-state index >= 15 is 0 Å². The first-order chi connectivity index (χ1) is 11.4. The van der Waals surface area contributed by atoms with E-state index in [1.165, 1.54) is 10.9 Å². The maximum atomic E-state index is 12.5. The molecule has 1 amide bonds. The number of benzene rings is 1. The number of rotatable bonds is 7. The molecule has 1 aromatic heterocycles. The fourth-order valence-electron chi connectivity index (χ4n) is 2.56. The smallest absolute Gasteiger partial charge is 0.261 e. The maximum Gasteiger partial charge on any atom is 0.261 e.